The van der Waals surface area contributed by atoms with Crippen molar-refractivity contribution in [2.45, 2.75) is 37.2 Å². The third kappa shape index (κ3) is 7.21. The van der Waals surface area contributed by atoms with Crippen LogP contribution in [0.1, 0.15) is 23.6 Å². The van der Waals surface area contributed by atoms with E-state index in [1.54, 1.807) is 30.3 Å². The summed E-state index contributed by atoms with van der Waals surface area (Å²) in [5.74, 6) is -0.812. The lowest BCUT2D eigenvalue weighted by Gasteiger charge is -2.34. The Hall–Kier alpha value is -4.43. The minimum absolute atomic E-state index is 0.0838. The van der Waals surface area contributed by atoms with E-state index >= 15 is 0 Å². The van der Waals surface area contributed by atoms with Crippen LogP contribution < -0.4 is 9.62 Å². The number of aryl methyl sites for hydroxylation is 1. The zero-order valence-electron chi connectivity index (χ0n) is 23.3. The third-order valence-corrected chi connectivity index (χ3v) is 8.74. The number of nitrogens with zero attached hydrogens (tertiary/aromatic N) is 2. The van der Waals surface area contributed by atoms with Crippen molar-refractivity contribution >= 4 is 27.5 Å². The lowest BCUT2D eigenvalue weighted by molar-refractivity contribution is -0.139. The summed E-state index contributed by atoms with van der Waals surface area (Å²) in [6.07, 6.45) is 0.851. The Morgan fingerprint density at radius 3 is 1.88 bits per heavy atom. The van der Waals surface area contributed by atoms with Crippen molar-refractivity contribution in [1.82, 2.24) is 10.2 Å². The topological polar surface area (TPSA) is 86.8 Å². The molecule has 0 radical (unpaired) electrons. The summed E-state index contributed by atoms with van der Waals surface area (Å²) in [5, 5.41) is 2.70. The molecule has 0 saturated carbocycles. The number of carbonyl (C=O) groups is 2. The van der Waals surface area contributed by atoms with Gasteiger partial charge in [-0.25, -0.2) is 8.42 Å². The average Bonchev–Trinajstić information content (AvgIpc) is 3.02. The number of anilines is 1. The summed E-state index contributed by atoms with van der Waals surface area (Å²) < 4.78 is 29.3. The molecule has 0 aliphatic heterocycles. The number of rotatable bonds is 12. The molecule has 2 amide bonds. The predicted octanol–water partition coefficient (Wildman–Crippen LogP) is 4.83. The van der Waals surface area contributed by atoms with Gasteiger partial charge in [0.2, 0.25) is 11.8 Å². The van der Waals surface area contributed by atoms with E-state index in [9.17, 15) is 18.0 Å². The molecule has 4 rings (SSSR count). The van der Waals surface area contributed by atoms with Crippen LogP contribution >= 0.6 is 0 Å². The fourth-order valence-electron chi connectivity index (χ4n) is 4.79. The van der Waals surface area contributed by atoms with Gasteiger partial charge < -0.3 is 10.2 Å². The summed E-state index contributed by atoms with van der Waals surface area (Å²) in [5.41, 5.74) is 2.94. The molecule has 1 atom stereocenters. The normalized spacial score (nSPS) is 11.9. The molecular formula is C33H35N3O4S. The van der Waals surface area contributed by atoms with E-state index in [1.807, 2.05) is 79.7 Å². The van der Waals surface area contributed by atoms with Crippen LogP contribution in [0, 0.1) is 0 Å². The summed E-state index contributed by atoms with van der Waals surface area (Å²) >= 11 is 0. The van der Waals surface area contributed by atoms with E-state index in [1.165, 1.54) is 28.4 Å². The molecule has 0 aromatic heterocycles. The first-order chi connectivity index (χ1) is 19.8. The first-order valence-corrected chi connectivity index (χ1v) is 15.0. The Morgan fingerprint density at radius 2 is 1.29 bits per heavy atom. The van der Waals surface area contributed by atoms with Crippen LogP contribution in [0.4, 0.5) is 5.69 Å². The fraction of sp³-hybridized carbons (Fsp3) is 0.212. The number of benzene rings is 4. The van der Waals surface area contributed by atoms with Crippen molar-refractivity contribution in [3.8, 4) is 0 Å². The minimum atomic E-state index is -4.11. The molecule has 7 nitrogen and oxygen atoms in total. The van der Waals surface area contributed by atoms with E-state index in [4.69, 9.17) is 0 Å². The number of carbonyl (C=O) groups excluding carboxylic acids is 2. The molecule has 0 aliphatic carbocycles. The molecule has 4 aromatic carbocycles. The Bertz CT molecular complexity index is 1550. The monoisotopic (exact) mass is 569 g/mol. The predicted molar refractivity (Wildman–Crippen MR) is 162 cm³/mol. The molecule has 212 valence electrons. The van der Waals surface area contributed by atoms with Crippen LogP contribution in [-0.4, -0.2) is 44.8 Å². The summed E-state index contributed by atoms with van der Waals surface area (Å²) in [7, 11) is -2.58. The molecule has 0 saturated heterocycles. The van der Waals surface area contributed by atoms with Gasteiger partial charge in [0.05, 0.1) is 10.6 Å². The minimum Gasteiger partial charge on any atom is -0.357 e. The quantitative estimate of drug-likeness (QED) is 0.265. The Morgan fingerprint density at radius 1 is 0.756 bits per heavy atom. The second kappa shape index (κ2) is 13.8. The Balaban J connectivity index is 1.79. The maximum atomic E-state index is 14.3. The zero-order valence-corrected chi connectivity index (χ0v) is 24.1. The maximum Gasteiger partial charge on any atom is 0.264 e. The van der Waals surface area contributed by atoms with Crippen molar-refractivity contribution in [2.75, 3.05) is 17.9 Å². The lowest BCUT2D eigenvalue weighted by Crippen LogP contribution is -2.53. The highest BCUT2D eigenvalue weighted by Gasteiger charge is 2.34. The van der Waals surface area contributed by atoms with Gasteiger partial charge in [-0.3, -0.25) is 13.9 Å². The van der Waals surface area contributed by atoms with Gasteiger partial charge in [0.25, 0.3) is 10.0 Å². The molecular weight excluding hydrogens is 534 g/mol. The second-order valence-electron chi connectivity index (χ2n) is 9.63. The summed E-state index contributed by atoms with van der Waals surface area (Å²) in [4.78, 5) is 29.2. The zero-order chi connectivity index (χ0) is 29.2. The molecule has 0 bridgehead atoms. The molecule has 0 spiro atoms. The fourth-order valence-corrected chi connectivity index (χ4v) is 6.26. The van der Waals surface area contributed by atoms with Gasteiger partial charge in [0, 0.05) is 20.0 Å². The van der Waals surface area contributed by atoms with Crippen LogP contribution in [0.5, 0.6) is 0 Å². The molecule has 1 N–H and O–H groups in total. The van der Waals surface area contributed by atoms with Gasteiger partial charge >= 0.3 is 0 Å². The van der Waals surface area contributed by atoms with Gasteiger partial charge in [-0.05, 0) is 41.3 Å². The highest BCUT2D eigenvalue weighted by atomic mass is 32.2. The van der Waals surface area contributed by atoms with Crippen molar-refractivity contribution in [3.63, 3.8) is 0 Å². The van der Waals surface area contributed by atoms with Gasteiger partial charge in [-0.1, -0.05) is 104 Å². The first-order valence-electron chi connectivity index (χ1n) is 13.6. The highest BCUT2D eigenvalue weighted by Crippen LogP contribution is 2.28. The van der Waals surface area contributed by atoms with E-state index in [0.717, 1.165) is 16.7 Å². The molecule has 8 heteroatoms. The number of nitrogens with one attached hydrogen (secondary N) is 1. The number of hydrogen-bond donors (Lipinski definition) is 1. The molecule has 0 heterocycles. The van der Waals surface area contributed by atoms with Crippen molar-refractivity contribution in [2.24, 2.45) is 0 Å². The molecule has 4 aromatic rings. The van der Waals surface area contributed by atoms with Gasteiger partial charge in [-0.2, -0.15) is 0 Å². The van der Waals surface area contributed by atoms with Crippen LogP contribution in [0.25, 0.3) is 0 Å². The first kappa shape index (κ1) is 29.6. The third-order valence-electron chi connectivity index (χ3n) is 6.96. The molecule has 0 fully saturated rings. The lowest BCUT2D eigenvalue weighted by atomic mass is 10.0. The van der Waals surface area contributed by atoms with Crippen LogP contribution in [0.15, 0.2) is 120 Å². The van der Waals surface area contributed by atoms with E-state index < -0.39 is 28.5 Å². The van der Waals surface area contributed by atoms with Crippen LogP contribution in [0.2, 0.25) is 0 Å². The molecule has 41 heavy (non-hydrogen) atoms. The van der Waals surface area contributed by atoms with E-state index in [-0.39, 0.29) is 23.8 Å². The smallest absolute Gasteiger partial charge is 0.264 e. The van der Waals surface area contributed by atoms with Crippen molar-refractivity contribution in [3.05, 3.63) is 132 Å². The maximum absolute atomic E-state index is 14.3. The second-order valence-corrected chi connectivity index (χ2v) is 11.5. The Labute approximate surface area is 242 Å². The standard InChI is InChI=1S/C33H35N3O4S/c1-3-28-19-13-14-22-30(28)36(41(39,40)29-20-11-6-12-21-29)25-32(37)35(24-27-17-9-5-10-18-27)31(33(38)34-2)23-26-15-7-4-8-16-26/h4-22,31H,3,23-25H2,1-2H3,(H,34,38)/t31-/m0/s1. The molecule has 0 unspecified atom stereocenters. The van der Waals surface area contributed by atoms with Crippen molar-refractivity contribution < 1.29 is 18.0 Å². The van der Waals surface area contributed by atoms with E-state index in [2.05, 4.69) is 5.32 Å². The van der Waals surface area contributed by atoms with E-state index in [0.29, 0.717) is 12.1 Å². The van der Waals surface area contributed by atoms with Gasteiger partial charge in [0.15, 0.2) is 0 Å². The van der Waals surface area contributed by atoms with Crippen LogP contribution in [0.3, 0.4) is 0 Å². The number of para-hydroxylation sites is 1. The molecule has 0 aliphatic rings. The largest absolute Gasteiger partial charge is 0.357 e. The SMILES string of the molecule is CCc1ccccc1N(CC(=O)N(Cc1ccccc1)[C@@H](Cc1ccccc1)C(=O)NC)S(=O)(=O)c1ccccc1. The summed E-state index contributed by atoms with van der Waals surface area (Å²) in [6, 6.07) is 33.3. The number of hydrogen-bond acceptors (Lipinski definition) is 4. The number of amides is 2. The highest BCUT2D eigenvalue weighted by molar-refractivity contribution is 7.92. The van der Waals surface area contributed by atoms with Gasteiger partial charge in [0.1, 0.15) is 12.6 Å². The number of sulfonamides is 1. The van der Waals surface area contributed by atoms with Crippen molar-refractivity contribution in [1.29, 1.82) is 0 Å². The summed E-state index contributed by atoms with van der Waals surface area (Å²) in [6.45, 7) is 1.61. The number of likely N-dealkylation sites (N-methyl/N-ethyl adjacent to an activating group) is 1. The Kier molecular flexibility index (Phi) is 9.92. The van der Waals surface area contributed by atoms with Crippen LogP contribution in [-0.2, 0) is 39.0 Å². The van der Waals surface area contributed by atoms with Gasteiger partial charge in [-0.15, -0.1) is 0 Å². The average molecular weight is 570 g/mol.